The second kappa shape index (κ2) is 4.76. The van der Waals surface area contributed by atoms with Crippen LogP contribution in [-0.4, -0.2) is 16.7 Å². The molecular formula is C13H17ClN2O2. The number of fused-ring (bicyclic) bond motifs is 1. The third-order valence-corrected chi connectivity index (χ3v) is 2.91. The highest BCUT2D eigenvalue weighted by Crippen LogP contribution is 2.30. The van der Waals surface area contributed by atoms with Crippen molar-refractivity contribution in [2.24, 2.45) is 0 Å². The highest BCUT2D eigenvalue weighted by Gasteiger charge is 2.27. The van der Waals surface area contributed by atoms with Crippen LogP contribution in [0.25, 0.3) is 0 Å². The molecule has 0 bridgehead atoms. The maximum atomic E-state index is 11.7. The van der Waals surface area contributed by atoms with Crippen LogP contribution in [0.3, 0.4) is 0 Å². The molecule has 1 amide bonds. The smallest absolute Gasteiger partial charge is 0.408 e. The van der Waals surface area contributed by atoms with Gasteiger partial charge in [0, 0.05) is 0 Å². The van der Waals surface area contributed by atoms with Crippen molar-refractivity contribution in [1.29, 1.82) is 0 Å². The van der Waals surface area contributed by atoms with Gasteiger partial charge in [-0.25, -0.2) is 9.78 Å². The molecule has 2 rings (SSSR count). The number of carbonyl (C=O) groups is 1. The van der Waals surface area contributed by atoms with E-state index in [1.54, 1.807) is 6.07 Å². The Bertz CT molecular complexity index is 469. The number of ether oxygens (including phenoxy) is 1. The van der Waals surface area contributed by atoms with Crippen molar-refractivity contribution in [3.63, 3.8) is 0 Å². The van der Waals surface area contributed by atoms with Crippen LogP contribution in [-0.2, 0) is 11.2 Å². The van der Waals surface area contributed by atoms with Crippen molar-refractivity contribution in [2.45, 2.75) is 45.3 Å². The summed E-state index contributed by atoms with van der Waals surface area (Å²) in [6, 6.07) is 3.63. The van der Waals surface area contributed by atoms with E-state index in [-0.39, 0.29) is 6.04 Å². The van der Waals surface area contributed by atoms with Crippen molar-refractivity contribution in [1.82, 2.24) is 10.3 Å². The number of hydrogen-bond acceptors (Lipinski definition) is 3. The van der Waals surface area contributed by atoms with Crippen LogP contribution in [0.4, 0.5) is 4.79 Å². The van der Waals surface area contributed by atoms with Gasteiger partial charge >= 0.3 is 6.09 Å². The number of aromatic nitrogens is 1. The number of rotatable bonds is 1. The summed E-state index contributed by atoms with van der Waals surface area (Å²) in [5, 5.41) is 3.29. The summed E-state index contributed by atoms with van der Waals surface area (Å²) in [4.78, 5) is 16.0. The molecule has 1 N–H and O–H groups in total. The number of alkyl carbamates (subject to hydrolysis) is 1. The minimum Gasteiger partial charge on any atom is -0.444 e. The minimum atomic E-state index is -0.493. The van der Waals surface area contributed by atoms with E-state index in [0.717, 1.165) is 24.1 Å². The minimum absolute atomic E-state index is 0.103. The molecule has 0 aliphatic heterocycles. The normalized spacial score (nSPS) is 18.3. The van der Waals surface area contributed by atoms with Gasteiger partial charge in [-0.3, -0.25) is 0 Å². The summed E-state index contributed by atoms with van der Waals surface area (Å²) < 4.78 is 5.23. The maximum absolute atomic E-state index is 11.7. The highest BCUT2D eigenvalue weighted by atomic mass is 35.5. The second-order valence-corrected chi connectivity index (χ2v) is 5.80. The Morgan fingerprint density at radius 2 is 2.22 bits per heavy atom. The number of aryl methyl sites for hydroxylation is 1. The maximum Gasteiger partial charge on any atom is 0.408 e. The van der Waals surface area contributed by atoms with E-state index >= 15 is 0 Å². The molecule has 0 aromatic carbocycles. The van der Waals surface area contributed by atoms with Gasteiger partial charge in [-0.05, 0) is 45.2 Å². The Balaban J connectivity index is 2.06. The van der Waals surface area contributed by atoms with Crippen LogP contribution in [0, 0.1) is 0 Å². The topological polar surface area (TPSA) is 51.2 Å². The predicted octanol–water partition coefficient (Wildman–Crippen LogP) is 3.25. The monoisotopic (exact) mass is 268 g/mol. The fraction of sp³-hybridized carbons (Fsp3) is 0.538. The standard InChI is InChI=1S/C13H17ClN2O2/c1-13(2,3)18-12(17)15-9-6-4-8-5-7-10(14)16-11(8)9/h5,7,9H,4,6H2,1-3H3,(H,15,17). The number of nitrogens with zero attached hydrogens (tertiary/aromatic N) is 1. The van der Waals surface area contributed by atoms with Crippen LogP contribution in [0.15, 0.2) is 12.1 Å². The summed E-state index contributed by atoms with van der Waals surface area (Å²) in [6.45, 7) is 5.51. The average molecular weight is 269 g/mol. The number of hydrogen-bond donors (Lipinski definition) is 1. The third kappa shape index (κ3) is 3.13. The second-order valence-electron chi connectivity index (χ2n) is 5.42. The quantitative estimate of drug-likeness (QED) is 0.796. The molecule has 1 aliphatic carbocycles. The fourth-order valence-electron chi connectivity index (χ4n) is 2.02. The Kier molecular flexibility index (Phi) is 3.48. The molecule has 1 heterocycles. The van der Waals surface area contributed by atoms with Gasteiger partial charge in [0.25, 0.3) is 0 Å². The first kappa shape index (κ1) is 13.1. The van der Waals surface area contributed by atoms with E-state index in [0.29, 0.717) is 5.15 Å². The summed E-state index contributed by atoms with van der Waals surface area (Å²) in [5.41, 5.74) is 1.50. The molecule has 1 aromatic heterocycles. The lowest BCUT2D eigenvalue weighted by atomic mass is 10.2. The van der Waals surface area contributed by atoms with E-state index in [2.05, 4.69) is 10.3 Å². The van der Waals surface area contributed by atoms with Crippen molar-refractivity contribution < 1.29 is 9.53 Å². The van der Waals surface area contributed by atoms with E-state index in [1.807, 2.05) is 26.8 Å². The average Bonchev–Trinajstić information content (AvgIpc) is 2.58. The Morgan fingerprint density at radius 1 is 1.50 bits per heavy atom. The van der Waals surface area contributed by atoms with Crippen LogP contribution < -0.4 is 5.32 Å². The van der Waals surface area contributed by atoms with Gasteiger partial charge in [0.05, 0.1) is 11.7 Å². The molecule has 0 fully saturated rings. The zero-order valence-corrected chi connectivity index (χ0v) is 11.5. The number of amides is 1. The molecule has 18 heavy (non-hydrogen) atoms. The molecule has 1 aromatic rings. The van der Waals surface area contributed by atoms with Gasteiger partial charge in [0.15, 0.2) is 0 Å². The van der Waals surface area contributed by atoms with Gasteiger partial charge in [0.1, 0.15) is 10.8 Å². The van der Waals surface area contributed by atoms with Crippen LogP contribution in [0.5, 0.6) is 0 Å². The van der Waals surface area contributed by atoms with Crippen molar-refractivity contribution in [2.75, 3.05) is 0 Å². The lowest BCUT2D eigenvalue weighted by Gasteiger charge is -2.21. The summed E-state index contributed by atoms with van der Waals surface area (Å²) in [6.07, 6.45) is 1.32. The SMILES string of the molecule is CC(C)(C)OC(=O)NC1CCc2ccc(Cl)nc21. The molecule has 1 atom stereocenters. The lowest BCUT2D eigenvalue weighted by Crippen LogP contribution is -2.34. The van der Waals surface area contributed by atoms with E-state index < -0.39 is 11.7 Å². The van der Waals surface area contributed by atoms with Crippen LogP contribution >= 0.6 is 11.6 Å². The van der Waals surface area contributed by atoms with Gasteiger partial charge in [-0.15, -0.1) is 0 Å². The fourth-order valence-corrected chi connectivity index (χ4v) is 2.17. The first-order valence-electron chi connectivity index (χ1n) is 6.00. The predicted molar refractivity (Wildman–Crippen MR) is 69.7 cm³/mol. The molecule has 4 nitrogen and oxygen atoms in total. The molecule has 0 radical (unpaired) electrons. The molecule has 1 unspecified atom stereocenters. The lowest BCUT2D eigenvalue weighted by molar-refractivity contribution is 0.0502. The molecule has 5 heteroatoms. The molecule has 98 valence electrons. The Labute approximate surface area is 112 Å². The van der Waals surface area contributed by atoms with Crippen molar-refractivity contribution in [3.8, 4) is 0 Å². The number of pyridine rings is 1. The van der Waals surface area contributed by atoms with Crippen molar-refractivity contribution >= 4 is 17.7 Å². The molecule has 1 aliphatic rings. The number of carbonyl (C=O) groups excluding carboxylic acids is 1. The summed E-state index contributed by atoms with van der Waals surface area (Å²) in [7, 11) is 0. The van der Waals surface area contributed by atoms with Crippen LogP contribution in [0.1, 0.15) is 44.5 Å². The third-order valence-electron chi connectivity index (χ3n) is 2.70. The Morgan fingerprint density at radius 3 is 2.89 bits per heavy atom. The summed E-state index contributed by atoms with van der Waals surface area (Å²) in [5.74, 6) is 0. The Hall–Kier alpha value is -1.29. The van der Waals surface area contributed by atoms with E-state index in [4.69, 9.17) is 16.3 Å². The van der Waals surface area contributed by atoms with E-state index in [9.17, 15) is 4.79 Å². The van der Waals surface area contributed by atoms with Gasteiger partial charge in [-0.1, -0.05) is 17.7 Å². The van der Waals surface area contributed by atoms with Gasteiger partial charge in [0.2, 0.25) is 0 Å². The zero-order valence-electron chi connectivity index (χ0n) is 10.8. The molecule has 0 spiro atoms. The van der Waals surface area contributed by atoms with Gasteiger partial charge < -0.3 is 10.1 Å². The molecular weight excluding hydrogens is 252 g/mol. The van der Waals surface area contributed by atoms with Gasteiger partial charge in [-0.2, -0.15) is 0 Å². The van der Waals surface area contributed by atoms with E-state index in [1.165, 1.54) is 0 Å². The number of nitrogens with one attached hydrogen (secondary N) is 1. The van der Waals surface area contributed by atoms with Crippen molar-refractivity contribution in [3.05, 3.63) is 28.5 Å². The first-order valence-corrected chi connectivity index (χ1v) is 6.38. The molecule has 0 saturated carbocycles. The number of halogens is 1. The summed E-state index contributed by atoms with van der Waals surface area (Å²) >= 11 is 5.88. The largest absolute Gasteiger partial charge is 0.444 e. The highest BCUT2D eigenvalue weighted by molar-refractivity contribution is 6.29. The first-order chi connectivity index (χ1) is 8.35. The zero-order chi connectivity index (χ0) is 13.3. The molecule has 0 saturated heterocycles. The van der Waals surface area contributed by atoms with Crippen LogP contribution in [0.2, 0.25) is 5.15 Å².